The summed E-state index contributed by atoms with van der Waals surface area (Å²) in [5.41, 5.74) is 2.07. The number of hydrogen-bond donors (Lipinski definition) is 1. The topological polar surface area (TPSA) is 85.4 Å². The lowest BCUT2D eigenvalue weighted by Gasteiger charge is -2.10. The summed E-state index contributed by atoms with van der Waals surface area (Å²) in [6.07, 6.45) is 0. The predicted octanol–water partition coefficient (Wildman–Crippen LogP) is 6.03. The van der Waals surface area contributed by atoms with Gasteiger partial charge in [0, 0.05) is 11.6 Å². The minimum atomic E-state index is -0.585. The molecule has 1 N–H and O–H groups in total. The van der Waals surface area contributed by atoms with E-state index < -0.39 is 10.8 Å². The Hall–Kier alpha value is -2.83. The highest BCUT2D eigenvalue weighted by Crippen LogP contribution is 2.32. The van der Waals surface area contributed by atoms with Gasteiger partial charge in [-0.15, -0.1) is 0 Å². The number of hydrogen-bond acceptors (Lipinski definition) is 4. The zero-order chi connectivity index (χ0) is 19.7. The minimum absolute atomic E-state index is 0.0197. The van der Waals surface area contributed by atoms with Crippen molar-refractivity contribution < 1.29 is 14.1 Å². The number of carbonyl (C=O) groups is 1. The Morgan fingerprint density at radius 2 is 1.81 bits per heavy atom. The maximum absolute atomic E-state index is 12.5. The van der Waals surface area contributed by atoms with E-state index in [1.807, 2.05) is 6.92 Å². The molecular weight excluding hydrogens is 391 g/mol. The van der Waals surface area contributed by atoms with E-state index in [9.17, 15) is 14.9 Å². The molecule has 0 unspecified atom stereocenters. The van der Waals surface area contributed by atoms with Gasteiger partial charge in [-0.2, -0.15) is 0 Å². The molecule has 0 bridgehead atoms. The van der Waals surface area contributed by atoms with Crippen LogP contribution in [-0.4, -0.2) is 10.8 Å². The van der Waals surface area contributed by atoms with Crippen molar-refractivity contribution >= 4 is 40.5 Å². The van der Waals surface area contributed by atoms with Gasteiger partial charge in [-0.3, -0.25) is 14.9 Å². The number of benzene rings is 2. The van der Waals surface area contributed by atoms with E-state index in [-0.39, 0.29) is 17.1 Å². The summed E-state index contributed by atoms with van der Waals surface area (Å²) in [7, 11) is 0. The first-order valence-corrected chi connectivity index (χ1v) is 8.64. The second-order valence-corrected chi connectivity index (χ2v) is 6.72. The monoisotopic (exact) mass is 404 g/mol. The van der Waals surface area contributed by atoms with Gasteiger partial charge in [0.15, 0.2) is 5.76 Å². The van der Waals surface area contributed by atoms with Gasteiger partial charge in [0.25, 0.3) is 11.6 Å². The predicted molar refractivity (Wildman–Crippen MR) is 105 cm³/mol. The van der Waals surface area contributed by atoms with Crippen molar-refractivity contribution in [2.75, 3.05) is 5.32 Å². The van der Waals surface area contributed by atoms with Crippen molar-refractivity contribution in [3.05, 3.63) is 79.5 Å². The van der Waals surface area contributed by atoms with E-state index in [0.29, 0.717) is 26.9 Å². The van der Waals surface area contributed by atoms with Gasteiger partial charge in [-0.25, -0.2) is 0 Å². The molecule has 0 fully saturated rings. The van der Waals surface area contributed by atoms with Gasteiger partial charge in [0.1, 0.15) is 11.4 Å². The standard InChI is InChI=1S/C19H14Cl2N2O4/c1-10-3-6-15(23(25)26)18(11(10)2)22-19(24)17-8-7-16(27-17)12-4-5-13(20)14(21)9-12/h3-9H,1-2H3,(H,22,24). The first-order chi connectivity index (χ1) is 12.8. The second kappa shape index (κ2) is 7.42. The van der Waals surface area contributed by atoms with Crippen LogP contribution in [0.4, 0.5) is 11.4 Å². The molecule has 0 aliphatic heterocycles. The van der Waals surface area contributed by atoms with Gasteiger partial charge >= 0.3 is 0 Å². The molecule has 0 saturated heterocycles. The van der Waals surface area contributed by atoms with Gasteiger partial charge in [-0.1, -0.05) is 29.3 Å². The SMILES string of the molecule is Cc1ccc([N+](=O)[O-])c(NC(=O)c2ccc(-c3ccc(Cl)c(Cl)c3)o2)c1C. The lowest BCUT2D eigenvalue weighted by molar-refractivity contribution is -0.384. The molecule has 3 aromatic rings. The molecular formula is C19H14Cl2N2O4. The van der Waals surface area contributed by atoms with E-state index in [4.69, 9.17) is 27.6 Å². The Morgan fingerprint density at radius 3 is 2.48 bits per heavy atom. The fraction of sp³-hybridized carbons (Fsp3) is 0.105. The summed E-state index contributed by atoms with van der Waals surface area (Å²) in [6, 6.07) is 11.1. The second-order valence-electron chi connectivity index (χ2n) is 5.91. The van der Waals surface area contributed by atoms with Gasteiger partial charge in [-0.05, 0) is 55.3 Å². The third-order valence-electron chi connectivity index (χ3n) is 4.18. The van der Waals surface area contributed by atoms with Crippen molar-refractivity contribution in [3.8, 4) is 11.3 Å². The lowest BCUT2D eigenvalue weighted by Crippen LogP contribution is -2.13. The van der Waals surface area contributed by atoms with Crippen LogP contribution in [0.5, 0.6) is 0 Å². The first kappa shape index (κ1) is 18.9. The van der Waals surface area contributed by atoms with Crippen molar-refractivity contribution in [2.24, 2.45) is 0 Å². The van der Waals surface area contributed by atoms with Crippen LogP contribution in [0.1, 0.15) is 21.7 Å². The summed E-state index contributed by atoms with van der Waals surface area (Å²) >= 11 is 11.9. The van der Waals surface area contributed by atoms with Crippen LogP contribution >= 0.6 is 23.2 Å². The van der Waals surface area contributed by atoms with Crippen LogP contribution in [0.3, 0.4) is 0 Å². The highest BCUT2D eigenvalue weighted by molar-refractivity contribution is 6.42. The number of halogens is 2. The smallest absolute Gasteiger partial charge is 0.293 e. The zero-order valence-electron chi connectivity index (χ0n) is 14.4. The van der Waals surface area contributed by atoms with Crippen molar-refractivity contribution in [1.82, 2.24) is 0 Å². The number of carbonyl (C=O) groups excluding carboxylic acids is 1. The molecule has 2 aromatic carbocycles. The highest BCUT2D eigenvalue weighted by atomic mass is 35.5. The maximum Gasteiger partial charge on any atom is 0.293 e. The van der Waals surface area contributed by atoms with E-state index >= 15 is 0 Å². The average Bonchev–Trinajstić information content (AvgIpc) is 3.11. The zero-order valence-corrected chi connectivity index (χ0v) is 15.9. The number of nitrogens with zero attached hydrogens (tertiary/aromatic N) is 1. The van der Waals surface area contributed by atoms with Gasteiger partial charge in [0.05, 0.1) is 15.0 Å². The van der Waals surface area contributed by atoms with E-state index in [0.717, 1.165) is 5.56 Å². The number of rotatable bonds is 4. The third kappa shape index (κ3) is 3.82. The largest absolute Gasteiger partial charge is 0.451 e. The van der Waals surface area contributed by atoms with E-state index in [1.54, 1.807) is 37.3 Å². The number of aryl methyl sites for hydroxylation is 1. The molecule has 1 aromatic heterocycles. The van der Waals surface area contributed by atoms with Crippen LogP contribution in [0, 0.1) is 24.0 Å². The molecule has 138 valence electrons. The Kier molecular flexibility index (Phi) is 5.21. The highest BCUT2D eigenvalue weighted by Gasteiger charge is 2.21. The van der Waals surface area contributed by atoms with Crippen molar-refractivity contribution in [2.45, 2.75) is 13.8 Å². The number of anilines is 1. The van der Waals surface area contributed by atoms with Crippen molar-refractivity contribution in [3.63, 3.8) is 0 Å². The summed E-state index contributed by atoms with van der Waals surface area (Å²) in [4.78, 5) is 23.3. The third-order valence-corrected chi connectivity index (χ3v) is 4.92. The number of furan rings is 1. The molecule has 8 heteroatoms. The Labute approximate surface area is 164 Å². The number of nitrogens with one attached hydrogen (secondary N) is 1. The Balaban J connectivity index is 1.90. The fourth-order valence-corrected chi connectivity index (χ4v) is 2.85. The molecule has 0 atom stereocenters. The van der Waals surface area contributed by atoms with E-state index in [2.05, 4.69) is 5.32 Å². The molecule has 0 spiro atoms. The normalized spacial score (nSPS) is 10.7. The van der Waals surface area contributed by atoms with Crippen LogP contribution in [0.2, 0.25) is 10.0 Å². The number of nitro groups is 1. The molecule has 6 nitrogen and oxygen atoms in total. The minimum Gasteiger partial charge on any atom is -0.451 e. The molecule has 27 heavy (non-hydrogen) atoms. The summed E-state index contributed by atoms with van der Waals surface area (Å²) in [5.74, 6) is -0.140. The fourth-order valence-electron chi connectivity index (χ4n) is 2.55. The van der Waals surface area contributed by atoms with Crippen LogP contribution in [-0.2, 0) is 0 Å². The quantitative estimate of drug-likeness (QED) is 0.424. The van der Waals surface area contributed by atoms with Crippen molar-refractivity contribution in [1.29, 1.82) is 0 Å². The van der Waals surface area contributed by atoms with E-state index in [1.165, 1.54) is 12.1 Å². The molecule has 3 rings (SSSR count). The Bertz CT molecular complexity index is 1060. The molecule has 0 aliphatic rings. The number of amides is 1. The van der Waals surface area contributed by atoms with Crippen LogP contribution in [0.25, 0.3) is 11.3 Å². The summed E-state index contributed by atoms with van der Waals surface area (Å²) in [6.45, 7) is 3.52. The first-order valence-electron chi connectivity index (χ1n) is 7.89. The van der Waals surface area contributed by atoms with Gasteiger partial charge in [0.2, 0.25) is 0 Å². The van der Waals surface area contributed by atoms with Gasteiger partial charge < -0.3 is 9.73 Å². The van der Waals surface area contributed by atoms with Crippen LogP contribution < -0.4 is 5.32 Å². The molecule has 1 heterocycles. The number of nitro benzene ring substituents is 1. The summed E-state index contributed by atoms with van der Waals surface area (Å²) in [5, 5.41) is 14.6. The Morgan fingerprint density at radius 1 is 1.07 bits per heavy atom. The molecule has 0 saturated carbocycles. The maximum atomic E-state index is 12.5. The molecule has 1 amide bonds. The molecule has 0 radical (unpaired) electrons. The van der Waals surface area contributed by atoms with Crippen LogP contribution in [0.15, 0.2) is 46.9 Å². The molecule has 0 aliphatic carbocycles. The lowest BCUT2D eigenvalue weighted by atomic mass is 10.1. The summed E-state index contributed by atoms with van der Waals surface area (Å²) < 4.78 is 5.59. The average molecular weight is 405 g/mol.